The molecule has 0 aliphatic carbocycles. The van der Waals surface area contributed by atoms with E-state index in [9.17, 15) is 4.79 Å². The van der Waals surface area contributed by atoms with Gasteiger partial charge in [0, 0.05) is 25.0 Å². The van der Waals surface area contributed by atoms with Gasteiger partial charge in [0.15, 0.2) is 5.78 Å². The zero-order valence-corrected chi connectivity index (χ0v) is 10.5. The third-order valence-electron chi connectivity index (χ3n) is 2.73. The van der Waals surface area contributed by atoms with Gasteiger partial charge >= 0.3 is 0 Å². The molecule has 0 atom stereocenters. The second-order valence-electron chi connectivity index (χ2n) is 3.99. The van der Waals surface area contributed by atoms with Crippen LogP contribution in [0, 0.1) is 6.92 Å². The number of halogens is 1. The van der Waals surface area contributed by atoms with Gasteiger partial charge < -0.3 is 4.57 Å². The molecule has 1 heterocycles. The molecule has 17 heavy (non-hydrogen) atoms. The van der Waals surface area contributed by atoms with Gasteiger partial charge in [-0.1, -0.05) is 23.7 Å². The number of ketones is 1. The highest BCUT2D eigenvalue weighted by Gasteiger charge is 2.14. The van der Waals surface area contributed by atoms with Crippen LogP contribution >= 0.6 is 11.6 Å². The summed E-state index contributed by atoms with van der Waals surface area (Å²) in [5.41, 5.74) is 1.48. The van der Waals surface area contributed by atoms with E-state index in [-0.39, 0.29) is 12.2 Å². The van der Waals surface area contributed by atoms with Gasteiger partial charge in [-0.2, -0.15) is 0 Å². The van der Waals surface area contributed by atoms with Crippen LogP contribution in [0.15, 0.2) is 30.6 Å². The summed E-state index contributed by atoms with van der Waals surface area (Å²) in [6, 6.07) is 5.48. The summed E-state index contributed by atoms with van der Waals surface area (Å²) >= 11 is 6.12. The minimum absolute atomic E-state index is 0.00648. The van der Waals surface area contributed by atoms with Crippen LogP contribution in [-0.4, -0.2) is 15.3 Å². The Kier molecular flexibility index (Phi) is 3.29. The van der Waals surface area contributed by atoms with Gasteiger partial charge in [0.25, 0.3) is 0 Å². The fraction of sp³-hybridized carbons (Fsp3) is 0.231. The Morgan fingerprint density at radius 2 is 2.24 bits per heavy atom. The van der Waals surface area contributed by atoms with E-state index in [2.05, 4.69) is 4.98 Å². The average Bonchev–Trinajstić information content (AvgIpc) is 2.68. The number of aryl methyl sites for hydroxylation is 2. The van der Waals surface area contributed by atoms with Crippen LogP contribution < -0.4 is 0 Å². The molecule has 0 fully saturated rings. The van der Waals surface area contributed by atoms with Crippen molar-refractivity contribution in [3.63, 3.8) is 0 Å². The molecule has 0 saturated carbocycles. The fourth-order valence-corrected chi connectivity index (χ4v) is 1.90. The summed E-state index contributed by atoms with van der Waals surface area (Å²) in [6.45, 7) is 1.89. The van der Waals surface area contributed by atoms with Crippen LogP contribution in [0.4, 0.5) is 0 Å². The highest BCUT2D eigenvalue weighted by Crippen LogP contribution is 2.21. The van der Waals surface area contributed by atoms with Crippen LogP contribution in [-0.2, 0) is 13.5 Å². The van der Waals surface area contributed by atoms with E-state index < -0.39 is 0 Å². The number of imidazole rings is 1. The number of rotatable bonds is 3. The molecule has 4 heteroatoms. The molecule has 88 valence electrons. The maximum absolute atomic E-state index is 12.1. The molecule has 0 unspecified atom stereocenters. The van der Waals surface area contributed by atoms with E-state index in [0.717, 1.165) is 11.4 Å². The molecule has 0 radical (unpaired) electrons. The molecule has 0 amide bonds. The standard InChI is InChI=1S/C13H13ClN2O/c1-9-4-3-5-10(13(9)14)11(17)8-12-15-6-7-16(12)2/h3-7H,8H2,1-2H3. The fourth-order valence-electron chi connectivity index (χ4n) is 1.67. The third-order valence-corrected chi connectivity index (χ3v) is 3.23. The lowest BCUT2D eigenvalue weighted by molar-refractivity contribution is 0.0990. The highest BCUT2D eigenvalue weighted by atomic mass is 35.5. The predicted octanol–water partition coefficient (Wildman–Crippen LogP) is 2.81. The van der Waals surface area contributed by atoms with Gasteiger partial charge in [-0.05, 0) is 18.6 Å². The zero-order valence-electron chi connectivity index (χ0n) is 9.77. The Morgan fingerprint density at radius 3 is 2.88 bits per heavy atom. The van der Waals surface area contributed by atoms with Crippen molar-refractivity contribution in [2.24, 2.45) is 7.05 Å². The smallest absolute Gasteiger partial charge is 0.171 e. The second kappa shape index (κ2) is 4.72. The number of hydrogen-bond donors (Lipinski definition) is 0. The highest BCUT2D eigenvalue weighted by molar-refractivity contribution is 6.34. The van der Waals surface area contributed by atoms with Crippen molar-refractivity contribution in [3.05, 3.63) is 52.6 Å². The number of carbonyl (C=O) groups is 1. The van der Waals surface area contributed by atoms with Crippen LogP contribution in [0.3, 0.4) is 0 Å². The quantitative estimate of drug-likeness (QED) is 0.783. The van der Waals surface area contributed by atoms with E-state index in [1.165, 1.54) is 0 Å². The number of hydrogen-bond acceptors (Lipinski definition) is 2. The summed E-state index contributed by atoms with van der Waals surface area (Å²) < 4.78 is 1.83. The molecule has 1 aromatic heterocycles. The summed E-state index contributed by atoms with van der Waals surface area (Å²) in [5.74, 6) is 0.737. The topological polar surface area (TPSA) is 34.9 Å². The molecular formula is C13H13ClN2O. The first-order valence-electron chi connectivity index (χ1n) is 5.34. The lowest BCUT2D eigenvalue weighted by Gasteiger charge is -2.06. The van der Waals surface area contributed by atoms with E-state index >= 15 is 0 Å². The molecular weight excluding hydrogens is 236 g/mol. The third kappa shape index (κ3) is 2.39. The molecule has 0 spiro atoms. The minimum atomic E-state index is -0.00648. The maximum atomic E-state index is 12.1. The van der Waals surface area contributed by atoms with Crippen molar-refractivity contribution < 1.29 is 4.79 Å². The minimum Gasteiger partial charge on any atom is -0.338 e. The first-order chi connectivity index (χ1) is 8.09. The van der Waals surface area contributed by atoms with E-state index in [1.807, 2.05) is 36.9 Å². The molecule has 0 N–H and O–H groups in total. The van der Waals surface area contributed by atoms with Gasteiger partial charge in [-0.15, -0.1) is 0 Å². The van der Waals surface area contributed by atoms with Gasteiger partial charge in [-0.25, -0.2) is 4.98 Å². The summed E-state index contributed by atoms with van der Waals surface area (Å²) in [7, 11) is 1.87. The van der Waals surface area contributed by atoms with Gasteiger partial charge in [0.1, 0.15) is 5.82 Å². The van der Waals surface area contributed by atoms with Crippen molar-refractivity contribution in [2.45, 2.75) is 13.3 Å². The Morgan fingerprint density at radius 1 is 1.47 bits per heavy atom. The first kappa shape index (κ1) is 11.9. The Labute approximate surface area is 105 Å². The molecule has 0 bridgehead atoms. The molecule has 0 aliphatic rings. The number of nitrogens with zero attached hydrogens (tertiary/aromatic N) is 2. The second-order valence-corrected chi connectivity index (χ2v) is 4.37. The first-order valence-corrected chi connectivity index (χ1v) is 5.72. The number of Topliss-reactive ketones (excluding diaryl/α,β-unsaturated/α-hetero) is 1. The Bertz CT molecular complexity index is 560. The SMILES string of the molecule is Cc1cccc(C(=O)Cc2nccn2C)c1Cl. The van der Waals surface area contributed by atoms with Crippen molar-refractivity contribution in [1.82, 2.24) is 9.55 Å². The zero-order chi connectivity index (χ0) is 12.4. The summed E-state index contributed by atoms with van der Waals surface area (Å²) in [5, 5.41) is 0.534. The van der Waals surface area contributed by atoms with Crippen molar-refractivity contribution in [3.8, 4) is 0 Å². The molecule has 0 saturated heterocycles. The molecule has 2 rings (SSSR count). The van der Waals surface area contributed by atoms with Gasteiger partial charge in [0.05, 0.1) is 11.4 Å². The van der Waals surface area contributed by atoms with Crippen molar-refractivity contribution in [2.75, 3.05) is 0 Å². The summed E-state index contributed by atoms with van der Waals surface area (Å²) in [4.78, 5) is 16.2. The Balaban J connectivity index is 2.27. The van der Waals surface area contributed by atoms with Crippen LogP contribution in [0.25, 0.3) is 0 Å². The van der Waals surface area contributed by atoms with Gasteiger partial charge in [-0.3, -0.25) is 4.79 Å². The van der Waals surface area contributed by atoms with Crippen LogP contribution in [0.2, 0.25) is 5.02 Å². The number of aromatic nitrogens is 2. The molecule has 2 aromatic rings. The molecule has 3 nitrogen and oxygen atoms in total. The van der Waals surface area contributed by atoms with E-state index in [0.29, 0.717) is 10.6 Å². The normalized spacial score (nSPS) is 10.5. The van der Waals surface area contributed by atoms with Crippen LogP contribution in [0.1, 0.15) is 21.7 Å². The molecule has 1 aromatic carbocycles. The van der Waals surface area contributed by atoms with E-state index in [1.54, 1.807) is 12.3 Å². The van der Waals surface area contributed by atoms with E-state index in [4.69, 9.17) is 11.6 Å². The lowest BCUT2D eigenvalue weighted by Crippen LogP contribution is -2.09. The Hall–Kier alpha value is -1.61. The monoisotopic (exact) mass is 248 g/mol. The average molecular weight is 249 g/mol. The van der Waals surface area contributed by atoms with Gasteiger partial charge in [0.2, 0.25) is 0 Å². The summed E-state index contributed by atoms with van der Waals surface area (Å²) in [6.07, 6.45) is 3.77. The van der Waals surface area contributed by atoms with Crippen molar-refractivity contribution in [1.29, 1.82) is 0 Å². The predicted molar refractivity (Wildman–Crippen MR) is 67.4 cm³/mol. The largest absolute Gasteiger partial charge is 0.338 e. The van der Waals surface area contributed by atoms with Crippen molar-refractivity contribution >= 4 is 17.4 Å². The number of carbonyl (C=O) groups excluding carboxylic acids is 1. The number of benzene rings is 1. The van der Waals surface area contributed by atoms with Crippen LogP contribution in [0.5, 0.6) is 0 Å². The molecule has 0 aliphatic heterocycles. The lowest BCUT2D eigenvalue weighted by atomic mass is 10.1. The maximum Gasteiger partial charge on any atom is 0.171 e.